The van der Waals surface area contributed by atoms with E-state index in [9.17, 15) is 9.59 Å². The van der Waals surface area contributed by atoms with Gasteiger partial charge in [-0.25, -0.2) is 0 Å². The lowest BCUT2D eigenvalue weighted by molar-refractivity contribution is -0.114. The second-order valence-electron chi connectivity index (χ2n) is 4.48. The van der Waals surface area contributed by atoms with Gasteiger partial charge in [0.15, 0.2) is 5.82 Å². The smallest absolute Gasteiger partial charge is 0.258 e. The fourth-order valence-corrected chi connectivity index (χ4v) is 1.79. The highest BCUT2D eigenvalue weighted by atomic mass is 16.2. The molecule has 1 heterocycles. The summed E-state index contributed by atoms with van der Waals surface area (Å²) in [6, 6.07) is 8.60. The second-order valence-corrected chi connectivity index (χ2v) is 4.48. The van der Waals surface area contributed by atoms with Gasteiger partial charge >= 0.3 is 0 Å². The standard InChI is InChI=1S/C14H16N4O2/c1-9-8-13(17-18(9)3)16-14(20)11-6-4-5-7-12(11)15-10(2)19/h4-8H,1-3H3,(H,15,19)(H,16,17,20). The molecule has 0 unspecified atom stereocenters. The summed E-state index contributed by atoms with van der Waals surface area (Å²) in [5.74, 6) is -0.0565. The fraction of sp³-hybridized carbons (Fsp3) is 0.214. The topological polar surface area (TPSA) is 76.0 Å². The SMILES string of the molecule is CC(=O)Nc1ccccc1C(=O)Nc1cc(C)n(C)n1. The van der Waals surface area contributed by atoms with Crippen molar-refractivity contribution in [2.24, 2.45) is 7.05 Å². The van der Waals surface area contributed by atoms with E-state index in [-0.39, 0.29) is 11.8 Å². The molecule has 2 rings (SSSR count). The molecular weight excluding hydrogens is 256 g/mol. The minimum Gasteiger partial charge on any atom is -0.326 e. The molecule has 2 N–H and O–H groups in total. The van der Waals surface area contributed by atoms with Crippen molar-refractivity contribution >= 4 is 23.3 Å². The first-order valence-corrected chi connectivity index (χ1v) is 6.16. The van der Waals surface area contributed by atoms with Crippen LogP contribution in [0.15, 0.2) is 30.3 Å². The van der Waals surface area contributed by atoms with Gasteiger partial charge in [0.25, 0.3) is 5.91 Å². The van der Waals surface area contributed by atoms with Crippen LogP contribution in [0.3, 0.4) is 0 Å². The number of nitrogens with one attached hydrogen (secondary N) is 2. The van der Waals surface area contributed by atoms with Crippen molar-refractivity contribution in [3.8, 4) is 0 Å². The largest absolute Gasteiger partial charge is 0.326 e. The average molecular weight is 272 g/mol. The number of rotatable bonds is 3. The van der Waals surface area contributed by atoms with Crippen LogP contribution in [0, 0.1) is 6.92 Å². The number of hydrogen-bond donors (Lipinski definition) is 2. The molecule has 6 nitrogen and oxygen atoms in total. The summed E-state index contributed by atoms with van der Waals surface area (Å²) in [5, 5.41) is 9.51. The quantitative estimate of drug-likeness (QED) is 0.896. The molecule has 2 aromatic rings. The molecule has 6 heteroatoms. The maximum absolute atomic E-state index is 12.2. The normalized spacial score (nSPS) is 10.2. The molecule has 0 bridgehead atoms. The summed E-state index contributed by atoms with van der Waals surface area (Å²) in [7, 11) is 1.80. The van der Waals surface area contributed by atoms with Gasteiger partial charge in [0.2, 0.25) is 5.91 Å². The minimum absolute atomic E-state index is 0.223. The number of aromatic nitrogens is 2. The van der Waals surface area contributed by atoms with E-state index in [1.54, 1.807) is 42.1 Å². The van der Waals surface area contributed by atoms with Crippen LogP contribution in [-0.2, 0) is 11.8 Å². The molecule has 0 fully saturated rings. The lowest BCUT2D eigenvalue weighted by Crippen LogP contribution is -2.16. The van der Waals surface area contributed by atoms with Gasteiger partial charge < -0.3 is 10.6 Å². The molecule has 1 aromatic heterocycles. The maximum atomic E-state index is 12.2. The number of para-hydroxylation sites is 1. The molecule has 2 amide bonds. The Balaban J connectivity index is 2.22. The van der Waals surface area contributed by atoms with Crippen LogP contribution in [0.4, 0.5) is 11.5 Å². The third kappa shape index (κ3) is 3.03. The number of anilines is 2. The van der Waals surface area contributed by atoms with Crippen LogP contribution >= 0.6 is 0 Å². The number of amides is 2. The molecule has 1 aromatic carbocycles. The maximum Gasteiger partial charge on any atom is 0.258 e. The van der Waals surface area contributed by atoms with Gasteiger partial charge in [0.1, 0.15) is 0 Å². The van der Waals surface area contributed by atoms with Crippen LogP contribution in [-0.4, -0.2) is 21.6 Å². The van der Waals surface area contributed by atoms with E-state index in [1.165, 1.54) is 6.92 Å². The van der Waals surface area contributed by atoms with Crippen molar-refractivity contribution in [3.63, 3.8) is 0 Å². The Kier molecular flexibility index (Phi) is 3.84. The van der Waals surface area contributed by atoms with Gasteiger partial charge in [-0.1, -0.05) is 12.1 Å². The average Bonchev–Trinajstić information content (AvgIpc) is 2.68. The summed E-state index contributed by atoms with van der Waals surface area (Å²) in [6.45, 7) is 3.30. The van der Waals surface area contributed by atoms with Crippen LogP contribution in [0.1, 0.15) is 23.0 Å². The Morgan fingerprint density at radius 1 is 1.20 bits per heavy atom. The highest BCUT2D eigenvalue weighted by molar-refractivity contribution is 6.09. The molecule has 0 saturated heterocycles. The summed E-state index contributed by atoms with van der Waals surface area (Å²) in [4.78, 5) is 23.4. The van der Waals surface area contributed by atoms with E-state index >= 15 is 0 Å². The van der Waals surface area contributed by atoms with Gasteiger partial charge in [-0.3, -0.25) is 14.3 Å². The third-order valence-electron chi connectivity index (χ3n) is 2.84. The van der Waals surface area contributed by atoms with Crippen molar-refractivity contribution in [3.05, 3.63) is 41.6 Å². The Labute approximate surface area is 116 Å². The zero-order valence-electron chi connectivity index (χ0n) is 11.6. The highest BCUT2D eigenvalue weighted by Crippen LogP contribution is 2.17. The highest BCUT2D eigenvalue weighted by Gasteiger charge is 2.13. The van der Waals surface area contributed by atoms with Gasteiger partial charge in [-0.2, -0.15) is 5.10 Å². The first kappa shape index (κ1) is 13.8. The molecule has 20 heavy (non-hydrogen) atoms. The predicted octanol–water partition coefficient (Wildman–Crippen LogP) is 1.94. The third-order valence-corrected chi connectivity index (χ3v) is 2.84. The van der Waals surface area contributed by atoms with Crippen molar-refractivity contribution in [1.82, 2.24) is 9.78 Å². The van der Waals surface area contributed by atoms with Crippen LogP contribution in [0.2, 0.25) is 0 Å². The lowest BCUT2D eigenvalue weighted by atomic mass is 10.1. The van der Waals surface area contributed by atoms with Crippen LogP contribution in [0.5, 0.6) is 0 Å². The van der Waals surface area contributed by atoms with Gasteiger partial charge in [-0.05, 0) is 19.1 Å². The Morgan fingerprint density at radius 2 is 1.90 bits per heavy atom. The van der Waals surface area contributed by atoms with E-state index in [2.05, 4.69) is 15.7 Å². The van der Waals surface area contributed by atoms with Crippen LogP contribution < -0.4 is 10.6 Å². The molecule has 0 aliphatic rings. The zero-order valence-corrected chi connectivity index (χ0v) is 11.6. The first-order valence-electron chi connectivity index (χ1n) is 6.16. The zero-order chi connectivity index (χ0) is 14.7. The lowest BCUT2D eigenvalue weighted by Gasteiger charge is -2.08. The van der Waals surface area contributed by atoms with Crippen molar-refractivity contribution in [1.29, 1.82) is 0 Å². The number of benzene rings is 1. The Bertz CT molecular complexity index is 641. The molecule has 0 saturated carbocycles. The van der Waals surface area contributed by atoms with E-state index in [4.69, 9.17) is 0 Å². The summed E-state index contributed by atoms with van der Waals surface area (Å²) < 4.78 is 1.68. The summed E-state index contributed by atoms with van der Waals surface area (Å²) in [5.41, 5.74) is 1.81. The number of hydrogen-bond acceptors (Lipinski definition) is 3. The summed E-state index contributed by atoms with van der Waals surface area (Å²) >= 11 is 0. The van der Waals surface area contributed by atoms with Crippen molar-refractivity contribution < 1.29 is 9.59 Å². The molecule has 0 spiro atoms. The number of aryl methyl sites for hydroxylation is 2. The molecule has 0 atom stereocenters. The molecule has 0 radical (unpaired) electrons. The minimum atomic E-state index is -0.313. The van der Waals surface area contributed by atoms with E-state index < -0.39 is 0 Å². The molecule has 0 aliphatic carbocycles. The first-order chi connectivity index (χ1) is 9.47. The number of carbonyl (C=O) groups excluding carboxylic acids is 2. The Morgan fingerprint density at radius 3 is 2.50 bits per heavy atom. The van der Waals surface area contributed by atoms with Crippen molar-refractivity contribution in [2.75, 3.05) is 10.6 Å². The number of nitrogens with zero attached hydrogens (tertiary/aromatic N) is 2. The van der Waals surface area contributed by atoms with Crippen LogP contribution in [0.25, 0.3) is 0 Å². The fourth-order valence-electron chi connectivity index (χ4n) is 1.79. The van der Waals surface area contributed by atoms with E-state index in [0.717, 1.165) is 5.69 Å². The van der Waals surface area contributed by atoms with Gasteiger partial charge in [-0.15, -0.1) is 0 Å². The van der Waals surface area contributed by atoms with E-state index in [1.807, 2.05) is 6.92 Å². The molecule has 104 valence electrons. The van der Waals surface area contributed by atoms with Gasteiger partial charge in [0.05, 0.1) is 11.3 Å². The van der Waals surface area contributed by atoms with Crippen molar-refractivity contribution in [2.45, 2.75) is 13.8 Å². The summed E-state index contributed by atoms with van der Waals surface area (Å²) in [6.07, 6.45) is 0. The van der Waals surface area contributed by atoms with Gasteiger partial charge in [0, 0.05) is 25.7 Å². The van der Waals surface area contributed by atoms with E-state index in [0.29, 0.717) is 17.1 Å². The molecular formula is C14H16N4O2. The monoisotopic (exact) mass is 272 g/mol. The second kappa shape index (κ2) is 5.56. The number of carbonyl (C=O) groups is 2. The Hall–Kier alpha value is -2.63. The molecule has 0 aliphatic heterocycles. The predicted molar refractivity (Wildman–Crippen MR) is 76.6 cm³/mol.